The fourth-order valence-corrected chi connectivity index (χ4v) is 3.00. The lowest BCUT2D eigenvalue weighted by molar-refractivity contribution is -0.773. The minimum atomic E-state index is -1.18. The maximum absolute atomic E-state index is 12.2. The third-order valence-corrected chi connectivity index (χ3v) is 4.10. The summed E-state index contributed by atoms with van der Waals surface area (Å²) in [4.78, 5) is 28.5. The van der Waals surface area contributed by atoms with E-state index in [4.69, 9.17) is 5.11 Å². The average molecular weight is 301 g/mol. The fourth-order valence-electron chi connectivity index (χ4n) is 2.44. The number of Topliss-reactive ketones (excluding diaryl/α,β-unsaturated/α-hetero) is 1. The number of rotatable bonds is 3. The van der Waals surface area contributed by atoms with Crippen molar-refractivity contribution in [1.82, 2.24) is 4.98 Å². The number of carboxylic acid groups (broad SMARTS) is 1. The first kappa shape index (κ1) is 13.7. The molecule has 1 unspecified atom stereocenters. The van der Waals surface area contributed by atoms with Crippen molar-refractivity contribution in [2.45, 2.75) is 6.92 Å². The van der Waals surface area contributed by atoms with Crippen LogP contribution in [0, 0.1) is 0 Å². The van der Waals surface area contributed by atoms with Crippen LogP contribution in [-0.4, -0.2) is 28.4 Å². The molecule has 3 rings (SSSR count). The first-order chi connectivity index (χ1) is 10.1. The quantitative estimate of drug-likeness (QED) is 0.843. The first-order valence-corrected chi connectivity index (χ1v) is 7.44. The normalized spacial score (nSPS) is 17.3. The maximum Gasteiger partial charge on any atom is 0.345 e. The van der Waals surface area contributed by atoms with E-state index in [0.29, 0.717) is 12.1 Å². The standard InChI is InChI=1S/C15H12N2O3S/c1-2-17-6-11(15(19)20)14(18)10-4-3-9(5-13(10)17)12-7-21-8-16-12/h3-8H,2H2,1H3,(H,19,20)/p+1. The number of quaternary nitrogens is 1. The van der Waals surface area contributed by atoms with Gasteiger partial charge in [-0.25, -0.2) is 9.78 Å². The number of thiazole rings is 1. The van der Waals surface area contributed by atoms with Gasteiger partial charge in [0.05, 0.1) is 23.3 Å². The van der Waals surface area contributed by atoms with Gasteiger partial charge in [0.1, 0.15) is 11.9 Å². The van der Waals surface area contributed by atoms with Crippen LogP contribution < -0.4 is 4.90 Å². The lowest BCUT2D eigenvalue weighted by Gasteiger charge is -2.21. The van der Waals surface area contributed by atoms with Crippen LogP contribution in [0.15, 0.2) is 40.9 Å². The molecule has 2 heterocycles. The molecule has 0 fully saturated rings. The Labute approximate surface area is 125 Å². The van der Waals surface area contributed by atoms with Crippen LogP contribution in [0.1, 0.15) is 17.3 Å². The van der Waals surface area contributed by atoms with Crippen molar-refractivity contribution < 1.29 is 19.6 Å². The summed E-state index contributed by atoms with van der Waals surface area (Å²) in [7, 11) is 0. The molecule has 2 aromatic rings. The second-order valence-electron chi connectivity index (χ2n) is 4.71. The van der Waals surface area contributed by atoms with E-state index in [1.165, 1.54) is 17.5 Å². The van der Waals surface area contributed by atoms with Gasteiger partial charge in [-0.1, -0.05) is 6.07 Å². The number of nitrogens with zero attached hydrogens (tertiary/aromatic N) is 1. The largest absolute Gasteiger partial charge is 0.477 e. The number of carbonyl (C=O) groups excluding carboxylic acids is 1. The Morgan fingerprint density at radius 2 is 2.24 bits per heavy atom. The van der Waals surface area contributed by atoms with Gasteiger partial charge in [-0.15, -0.1) is 11.3 Å². The molecule has 2 N–H and O–H groups in total. The molecule has 1 aliphatic rings. The SMILES string of the molecule is CC[NH+]1C=C(C(=O)O)C(=O)c2ccc(-c3cscn3)cc21. The number of nitrogens with one attached hydrogen (secondary N) is 1. The van der Waals surface area contributed by atoms with Gasteiger partial charge in [-0.2, -0.15) is 0 Å². The Morgan fingerprint density at radius 3 is 2.86 bits per heavy atom. The second-order valence-corrected chi connectivity index (χ2v) is 5.42. The predicted molar refractivity (Wildman–Crippen MR) is 78.8 cm³/mol. The highest BCUT2D eigenvalue weighted by Gasteiger charge is 2.32. The number of ketones is 1. The van der Waals surface area contributed by atoms with Crippen molar-refractivity contribution in [3.8, 4) is 11.3 Å². The van der Waals surface area contributed by atoms with Gasteiger partial charge in [-0.3, -0.25) is 9.69 Å². The average Bonchev–Trinajstić information content (AvgIpc) is 3.01. The van der Waals surface area contributed by atoms with Crippen molar-refractivity contribution >= 4 is 28.8 Å². The van der Waals surface area contributed by atoms with E-state index < -0.39 is 11.8 Å². The summed E-state index contributed by atoms with van der Waals surface area (Å²) >= 11 is 1.51. The molecule has 0 amide bonds. The molecule has 0 radical (unpaired) electrons. The van der Waals surface area contributed by atoms with E-state index >= 15 is 0 Å². The maximum atomic E-state index is 12.2. The van der Waals surface area contributed by atoms with Crippen LogP contribution in [0.3, 0.4) is 0 Å². The molecule has 1 atom stereocenters. The lowest BCUT2D eigenvalue weighted by atomic mass is 9.96. The summed E-state index contributed by atoms with van der Waals surface area (Å²) in [5.41, 5.74) is 4.64. The number of aromatic nitrogens is 1. The highest BCUT2D eigenvalue weighted by atomic mass is 32.1. The van der Waals surface area contributed by atoms with Gasteiger partial charge in [0.2, 0.25) is 5.78 Å². The number of aliphatic carboxylic acids is 1. The summed E-state index contributed by atoms with van der Waals surface area (Å²) in [5.74, 6) is -1.61. The monoisotopic (exact) mass is 301 g/mol. The highest BCUT2D eigenvalue weighted by Crippen LogP contribution is 2.27. The smallest absolute Gasteiger partial charge is 0.345 e. The summed E-state index contributed by atoms with van der Waals surface area (Å²) in [6, 6.07) is 5.41. The van der Waals surface area contributed by atoms with Gasteiger partial charge in [0.15, 0.2) is 5.57 Å². The molecule has 0 saturated heterocycles. The van der Waals surface area contributed by atoms with Crippen LogP contribution in [0.25, 0.3) is 11.3 Å². The molecule has 5 nitrogen and oxygen atoms in total. The number of carboxylic acids is 1. The van der Waals surface area contributed by atoms with Crippen molar-refractivity contribution in [3.05, 3.63) is 46.4 Å². The summed E-state index contributed by atoms with van der Waals surface area (Å²) in [6.45, 7) is 2.61. The molecule has 1 aromatic heterocycles. The number of hydrogen-bond donors (Lipinski definition) is 2. The number of fused-ring (bicyclic) bond motifs is 1. The van der Waals surface area contributed by atoms with Gasteiger partial charge < -0.3 is 5.11 Å². The number of hydrogen-bond acceptors (Lipinski definition) is 4. The van der Waals surface area contributed by atoms with Crippen LogP contribution in [0.4, 0.5) is 5.69 Å². The zero-order chi connectivity index (χ0) is 15.0. The molecule has 0 spiro atoms. The lowest BCUT2D eigenvalue weighted by Crippen LogP contribution is -3.03. The molecule has 0 aliphatic carbocycles. The van der Waals surface area contributed by atoms with Crippen molar-refractivity contribution in [3.63, 3.8) is 0 Å². The third kappa shape index (κ3) is 2.28. The molecule has 0 saturated carbocycles. The van der Waals surface area contributed by atoms with E-state index in [2.05, 4.69) is 4.98 Å². The Kier molecular flexibility index (Phi) is 3.40. The summed E-state index contributed by atoms with van der Waals surface area (Å²) in [6.07, 6.45) is 1.48. The Morgan fingerprint density at radius 1 is 1.43 bits per heavy atom. The number of benzene rings is 1. The molecule has 106 valence electrons. The molecule has 21 heavy (non-hydrogen) atoms. The zero-order valence-corrected chi connectivity index (χ0v) is 12.1. The van der Waals surface area contributed by atoms with Gasteiger partial charge in [0.25, 0.3) is 0 Å². The Balaban J connectivity index is 2.13. The van der Waals surface area contributed by atoms with E-state index in [1.54, 1.807) is 11.6 Å². The zero-order valence-electron chi connectivity index (χ0n) is 11.3. The topological polar surface area (TPSA) is 71.7 Å². The predicted octanol–water partition coefficient (Wildman–Crippen LogP) is 1.51. The number of carbonyl (C=O) groups is 2. The molecular formula is C15H13N2O3S+. The van der Waals surface area contributed by atoms with Crippen molar-refractivity contribution in [1.29, 1.82) is 0 Å². The molecule has 6 heteroatoms. The van der Waals surface area contributed by atoms with E-state index in [1.807, 2.05) is 24.4 Å². The van der Waals surface area contributed by atoms with Gasteiger partial charge >= 0.3 is 5.97 Å². The molecule has 1 aliphatic heterocycles. The van der Waals surface area contributed by atoms with Crippen LogP contribution in [0.5, 0.6) is 0 Å². The van der Waals surface area contributed by atoms with Gasteiger partial charge in [-0.05, 0) is 13.0 Å². The Hall–Kier alpha value is -2.31. The van der Waals surface area contributed by atoms with Crippen LogP contribution in [-0.2, 0) is 4.79 Å². The minimum Gasteiger partial charge on any atom is -0.477 e. The third-order valence-electron chi connectivity index (χ3n) is 3.51. The minimum absolute atomic E-state index is 0.166. The first-order valence-electron chi connectivity index (χ1n) is 6.50. The fraction of sp³-hybridized carbons (Fsp3) is 0.133. The van der Waals surface area contributed by atoms with E-state index in [-0.39, 0.29) is 5.57 Å². The van der Waals surface area contributed by atoms with Crippen LogP contribution in [0.2, 0.25) is 0 Å². The van der Waals surface area contributed by atoms with E-state index in [0.717, 1.165) is 21.8 Å². The van der Waals surface area contributed by atoms with Gasteiger partial charge in [0, 0.05) is 17.0 Å². The Bertz CT molecular complexity index is 750. The van der Waals surface area contributed by atoms with Crippen molar-refractivity contribution in [2.24, 2.45) is 0 Å². The molecule has 1 aromatic carbocycles. The molecular weight excluding hydrogens is 288 g/mol. The summed E-state index contributed by atoms with van der Waals surface area (Å²) in [5, 5.41) is 11.1. The summed E-state index contributed by atoms with van der Waals surface area (Å²) < 4.78 is 0. The van der Waals surface area contributed by atoms with E-state index in [9.17, 15) is 9.59 Å². The second kappa shape index (κ2) is 5.23. The van der Waals surface area contributed by atoms with Crippen LogP contribution >= 0.6 is 11.3 Å². The highest BCUT2D eigenvalue weighted by molar-refractivity contribution is 7.07. The molecule has 0 bridgehead atoms. The van der Waals surface area contributed by atoms with Crippen molar-refractivity contribution in [2.75, 3.05) is 6.54 Å².